The summed E-state index contributed by atoms with van der Waals surface area (Å²) < 4.78 is 5.40. The Bertz CT molecular complexity index is 842. The van der Waals surface area contributed by atoms with Crippen molar-refractivity contribution in [3.8, 4) is 5.75 Å². The van der Waals surface area contributed by atoms with Gasteiger partial charge < -0.3 is 4.74 Å². The highest BCUT2D eigenvalue weighted by Crippen LogP contribution is 2.25. The van der Waals surface area contributed by atoms with E-state index in [0.717, 1.165) is 16.3 Å². The van der Waals surface area contributed by atoms with Gasteiger partial charge in [0.05, 0.1) is 10.9 Å². The van der Waals surface area contributed by atoms with Gasteiger partial charge in [-0.3, -0.25) is 9.78 Å². The first-order valence-electron chi connectivity index (χ1n) is 7.43. The highest BCUT2D eigenvalue weighted by molar-refractivity contribution is 6.32. The first-order valence-corrected chi connectivity index (χ1v) is 7.81. The quantitative estimate of drug-likeness (QED) is 0.517. The molecule has 0 saturated heterocycles. The second kappa shape index (κ2) is 6.80. The topological polar surface area (TPSA) is 39.2 Å². The van der Waals surface area contributed by atoms with E-state index in [1.807, 2.05) is 43.6 Å². The summed E-state index contributed by atoms with van der Waals surface area (Å²) in [5, 5.41) is 2.61. The number of esters is 1. The molecule has 0 aliphatic heterocycles. The zero-order valence-corrected chi connectivity index (χ0v) is 13.5. The number of halogens is 1. The van der Waals surface area contributed by atoms with Crippen LogP contribution >= 0.6 is 11.6 Å². The number of rotatable bonds is 4. The lowest BCUT2D eigenvalue weighted by Gasteiger charge is -2.13. The van der Waals surface area contributed by atoms with Crippen LogP contribution in [0.5, 0.6) is 5.75 Å². The number of para-hydroxylation sites is 1. The van der Waals surface area contributed by atoms with E-state index in [1.54, 1.807) is 24.3 Å². The fraction of sp³-hybridized carbons (Fsp3) is 0.158. The van der Waals surface area contributed by atoms with Crippen molar-refractivity contribution in [2.24, 2.45) is 5.92 Å². The molecule has 3 rings (SSSR count). The molecule has 0 aliphatic rings. The van der Waals surface area contributed by atoms with E-state index >= 15 is 0 Å². The van der Waals surface area contributed by atoms with Gasteiger partial charge in [-0.1, -0.05) is 54.9 Å². The molecule has 1 aromatic heterocycles. The van der Waals surface area contributed by atoms with Gasteiger partial charge in [-0.25, -0.2) is 0 Å². The highest BCUT2D eigenvalue weighted by atomic mass is 35.5. The highest BCUT2D eigenvalue weighted by Gasteiger charge is 2.18. The van der Waals surface area contributed by atoms with Gasteiger partial charge in [0.1, 0.15) is 5.75 Å². The molecule has 3 nitrogen and oxygen atoms in total. The molecular formula is C19H16ClNO2. The van der Waals surface area contributed by atoms with Crippen LogP contribution in [0, 0.1) is 5.92 Å². The Kier molecular flexibility index (Phi) is 4.58. The van der Waals surface area contributed by atoms with Crippen LogP contribution in [0.25, 0.3) is 10.8 Å². The van der Waals surface area contributed by atoms with Crippen molar-refractivity contribution >= 4 is 28.3 Å². The molecule has 0 radical (unpaired) electrons. The Morgan fingerprint density at radius 2 is 1.87 bits per heavy atom. The minimum atomic E-state index is -0.300. The molecule has 2 aromatic carbocycles. The van der Waals surface area contributed by atoms with E-state index in [2.05, 4.69) is 4.98 Å². The average molecular weight is 326 g/mol. The fourth-order valence-electron chi connectivity index (χ4n) is 2.49. The summed E-state index contributed by atoms with van der Waals surface area (Å²) in [6.07, 6.45) is 4.20. The summed E-state index contributed by atoms with van der Waals surface area (Å²) in [4.78, 5) is 16.6. The van der Waals surface area contributed by atoms with Gasteiger partial charge in [-0.2, -0.15) is 0 Å². The monoisotopic (exact) mass is 325 g/mol. The van der Waals surface area contributed by atoms with Crippen LogP contribution in [0.2, 0.25) is 5.02 Å². The van der Waals surface area contributed by atoms with Crippen LogP contribution in [-0.2, 0) is 11.2 Å². The van der Waals surface area contributed by atoms with E-state index in [-0.39, 0.29) is 11.9 Å². The number of hydrogen-bond acceptors (Lipinski definition) is 3. The molecule has 1 unspecified atom stereocenters. The number of pyridine rings is 1. The summed E-state index contributed by atoms with van der Waals surface area (Å²) >= 11 is 6.02. The molecule has 4 heteroatoms. The van der Waals surface area contributed by atoms with Crippen LogP contribution in [-0.4, -0.2) is 11.0 Å². The molecule has 1 heterocycles. The molecule has 0 bridgehead atoms. The smallest absolute Gasteiger partial charge is 0.314 e. The van der Waals surface area contributed by atoms with E-state index in [9.17, 15) is 4.79 Å². The van der Waals surface area contributed by atoms with Gasteiger partial charge in [0, 0.05) is 17.8 Å². The normalized spacial score (nSPS) is 12.1. The van der Waals surface area contributed by atoms with E-state index in [0.29, 0.717) is 17.2 Å². The second-order valence-corrected chi connectivity index (χ2v) is 5.88. The molecule has 1 atom stereocenters. The molecule has 3 aromatic rings. The summed E-state index contributed by atoms with van der Waals surface area (Å²) in [5.41, 5.74) is 1.03. The lowest BCUT2D eigenvalue weighted by molar-refractivity contribution is -0.138. The SMILES string of the molecule is CC(Cc1cncc2ccccc12)C(=O)Oc1ccccc1Cl. The van der Waals surface area contributed by atoms with E-state index in [1.165, 1.54) is 0 Å². The summed E-state index contributed by atoms with van der Waals surface area (Å²) in [6.45, 7) is 1.85. The zero-order valence-electron chi connectivity index (χ0n) is 12.7. The number of nitrogens with zero attached hydrogens (tertiary/aromatic N) is 1. The maximum Gasteiger partial charge on any atom is 0.314 e. The van der Waals surface area contributed by atoms with Crippen molar-refractivity contribution in [3.63, 3.8) is 0 Å². The van der Waals surface area contributed by atoms with Crippen LogP contribution in [0.15, 0.2) is 60.9 Å². The van der Waals surface area contributed by atoms with Crippen LogP contribution in [0.3, 0.4) is 0 Å². The molecular weight excluding hydrogens is 310 g/mol. The predicted molar refractivity (Wildman–Crippen MR) is 91.7 cm³/mol. The lowest BCUT2D eigenvalue weighted by Crippen LogP contribution is -2.20. The van der Waals surface area contributed by atoms with Gasteiger partial charge in [0.25, 0.3) is 0 Å². The predicted octanol–water partition coefficient (Wildman–Crippen LogP) is 4.67. The van der Waals surface area contributed by atoms with Crippen LogP contribution in [0.4, 0.5) is 0 Å². The Labute approximate surface area is 139 Å². The summed E-state index contributed by atoms with van der Waals surface area (Å²) in [6, 6.07) is 15.0. The van der Waals surface area contributed by atoms with Gasteiger partial charge in [-0.05, 0) is 29.5 Å². The summed E-state index contributed by atoms with van der Waals surface area (Å²) in [5.74, 6) is -0.202. The van der Waals surface area contributed by atoms with E-state index < -0.39 is 0 Å². The van der Waals surface area contributed by atoms with Gasteiger partial charge in [0.15, 0.2) is 0 Å². The Morgan fingerprint density at radius 3 is 2.70 bits per heavy atom. The largest absolute Gasteiger partial charge is 0.425 e. The minimum Gasteiger partial charge on any atom is -0.425 e. The van der Waals surface area contributed by atoms with Gasteiger partial charge in [-0.15, -0.1) is 0 Å². The Hall–Kier alpha value is -2.39. The summed E-state index contributed by atoms with van der Waals surface area (Å²) in [7, 11) is 0. The van der Waals surface area contributed by atoms with Crippen LogP contribution < -0.4 is 4.74 Å². The fourth-order valence-corrected chi connectivity index (χ4v) is 2.67. The molecule has 23 heavy (non-hydrogen) atoms. The lowest BCUT2D eigenvalue weighted by atomic mass is 9.98. The third-order valence-corrected chi connectivity index (χ3v) is 4.04. The average Bonchev–Trinajstić information content (AvgIpc) is 2.57. The van der Waals surface area contributed by atoms with E-state index in [4.69, 9.17) is 16.3 Å². The number of fused-ring (bicyclic) bond motifs is 1. The molecule has 0 aliphatic carbocycles. The molecule has 0 amide bonds. The number of carbonyl (C=O) groups excluding carboxylic acids is 1. The minimum absolute atomic E-state index is 0.293. The molecule has 0 saturated carbocycles. The van der Waals surface area contributed by atoms with Crippen molar-refractivity contribution in [3.05, 3.63) is 71.5 Å². The zero-order chi connectivity index (χ0) is 16.2. The number of ether oxygens (including phenoxy) is 1. The first-order chi connectivity index (χ1) is 11.1. The standard InChI is InChI=1S/C19H16ClNO2/c1-13(19(22)23-18-9-5-4-8-17(18)20)10-15-12-21-11-14-6-2-3-7-16(14)15/h2-9,11-13H,10H2,1H3. The molecule has 0 N–H and O–H groups in total. The molecule has 0 fully saturated rings. The molecule has 0 spiro atoms. The first kappa shape index (κ1) is 15.5. The van der Waals surface area contributed by atoms with Crippen molar-refractivity contribution in [1.82, 2.24) is 4.98 Å². The Balaban J connectivity index is 1.77. The Morgan fingerprint density at radius 1 is 1.13 bits per heavy atom. The van der Waals surface area contributed by atoms with Crippen molar-refractivity contribution in [2.45, 2.75) is 13.3 Å². The molecule has 116 valence electrons. The maximum atomic E-state index is 12.3. The third-order valence-electron chi connectivity index (χ3n) is 3.73. The number of carbonyl (C=O) groups is 1. The van der Waals surface area contributed by atoms with Crippen LogP contribution in [0.1, 0.15) is 12.5 Å². The second-order valence-electron chi connectivity index (χ2n) is 5.48. The van der Waals surface area contributed by atoms with Gasteiger partial charge >= 0.3 is 5.97 Å². The van der Waals surface area contributed by atoms with Crippen molar-refractivity contribution in [2.75, 3.05) is 0 Å². The number of benzene rings is 2. The number of hydrogen-bond donors (Lipinski definition) is 0. The van der Waals surface area contributed by atoms with Crippen molar-refractivity contribution < 1.29 is 9.53 Å². The maximum absolute atomic E-state index is 12.3. The number of aromatic nitrogens is 1. The van der Waals surface area contributed by atoms with Crippen molar-refractivity contribution in [1.29, 1.82) is 0 Å². The third kappa shape index (κ3) is 3.51. The van der Waals surface area contributed by atoms with Gasteiger partial charge in [0.2, 0.25) is 0 Å².